The molecule has 3 aromatic rings. The Labute approximate surface area is 211 Å². The maximum Gasteiger partial charge on any atom is 0.322 e. The summed E-state index contributed by atoms with van der Waals surface area (Å²) in [5.74, 6) is -1.90. The number of carbonyl (C=O) groups excluding carboxylic acids is 2. The zero-order valence-corrected chi connectivity index (χ0v) is 20.6. The monoisotopic (exact) mass is 487 g/mol. The molecule has 0 heterocycles. The second-order valence-corrected chi connectivity index (χ2v) is 9.06. The highest BCUT2D eigenvalue weighted by Crippen LogP contribution is 2.36. The van der Waals surface area contributed by atoms with Crippen LogP contribution in [0.4, 0.5) is 0 Å². The summed E-state index contributed by atoms with van der Waals surface area (Å²) in [4.78, 5) is 36.6. The summed E-state index contributed by atoms with van der Waals surface area (Å²) in [7, 11) is 0. The van der Waals surface area contributed by atoms with Gasteiger partial charge in [0.15, 0.2) is 0 Å². The third kappa shape index (κ3) is 6.79. The van der Waals surface area contributed by atoms with E-state index < -0.39 is 30.0 Å². The van der Waals surface area contributed by atoms with Crippen molar-refractivity contribution in [3.63, 3.8) is 0 Å². The van der Waals surface area contributed by atoms with E-state index in [0.717, 1.165) is 16.7 Å². The fraction of sp³-hybridized carbons (Fsp3) is 0.276. The number of hydrogen-bond donors (Lipinski definition) is 4. The molecule has 0 saturated heterocycles. The predicted octanol–water partition coefficient (Wildman–Crippen LogP) is 3.30. The molecule has 0 fully saturated rings. The number of carboxylic acids is 1. The van der Waals surface area contributed by atoms with E-state index in [2.05, 4.69) is 16.0 Å². The van der Waals surface area contributed by atoms with E-state index >= 15 is 0 Å². The summed E-state index contributed by atoms with van der Waals surface area (Å²) < 4.78 is 0. The van der Waals surface area contributed by atoms with Crippen molar-refractivity contribution in [2.45, 2.75) is 31.8 Å². The Morgan fingerprint density at radius 1 is 0.750 bits per heavy atom. The molecule has 0 unspecified atom stereocenters. The highest BCUT2D eigenvalue weighted by molar-refractivity contribution is 5.90. The Bertz CT molecular complexity index is 1040. The minimum atomic E-state index is -1.14. The molecule has 7 nitrogen and oxygen atoms in total. The van der Waals surface area contributed by atoms with Gasteiger partial charge in [-0.15, -0.1) is 0 Å². The maximum atomic E-state index is 13.1. The molecular formula is C29H33N3O4. The summed E-state index contributed by atoms with van der Waals surface area (Å²) >= 11 is 0. The zero-order valence-electron chi connectivity index (χ0n) is 20.6. The molecule has 2 amide bonds. The lowest BCUT2D eigenvalue weighted by atomic mass is 9.77. The molecular weight excluding hydrogens is 454 g/mol. The van der Waals surface area contributed by atoms with Crippen LogP contribution in [0.15, 0.2) is 91.0 Å². The Kier molecular flexibility index (Phi) is 9.36. The minimum absolute atomic E-state index is 0.0700. The third-order valence-corrected chi connectivity index (χ3v) is 5.91. The van der Waals surface area contributed by atoms with E-state index in [1.807, 2.05) is 105 Å². The van der Waals surface area contributed by atoms with E-state index in [0.29, 0.717) is 6.42 Å². The fourth-order valence-corrected chi connectivity index (χ4v) is 4.32. The van der Waals surface area contributed by atoms with Crippen molar-refractivity contribution in [2.75, 3.05) is 13.1 Å². The van der Waals surface area contributed by atoms with Crippen molar-refractivity contribution in [2.24, 2.45) is 5.92 Å². The highest BCUT2D eigenvalue weighted by atomic mass is 16.4. The molecule has 0 radical (unpaired) electrons. The fourth-order valence-electron chi connectivity index (χ4n) is 4.32. The quantitative estimate of drug-likeness (QED) is 0.293. The van der Waals surface area contributed by atoms with Crippen LogP contribution < -0.4 is 16.0 Å². The number of rotatable bonds is 12. The van der Waals surface area contributed by atoms with Crippen molar-refractivity contribution in [3.8, 4) is 0 Å². The second kappa shape index (κ2) is 12.7. The Balaban J connectivity index is 1.91. The number of carboxylic acid groups (broad SMARTS) is 1. The van der Waals surface area contributed by atoms with Crippen LogP contribution in [0.3, 0.4) is 0 Å². The van der Waals surface area contributed by atoms with Crippen molar-refractivity contribution in [3.05, 3.63) is 108 Å². The van der Waals surface area contributed by atoms with E-state index in [1.54, 1.807) is 0 Å². The number of nitrogens with one attached hydrogen (secondary N) is 3. The van der Waals surface area contributed by atoms with Gasteiger partial charge in [-0.1, -0.05) is 105 Å². The molecule has 188 valence electrons. The molecule has 0 aliphatic heterocycles. The van der Waals surface area contributed by atoms with Crippen LogP contribution in [0.1, 0.15) is 37.0 Å². The molecule has 0 aromatic heterocycles. The summed E-state index contributed by atoms with van der Waals surface area (Å²) in [6.45, 7) is 3.31. The summed E-state index contributed by atoms with van der Waals surface area (Å²) in [6.07, 6.45) is 0.387. The van der Waals surface area contributed by atoms with Gasteiger partial charge >= 0.3 is 5.97 Å². The first-order chi connectivity index (χ1) is 17.3. The number of hydrogen-bond acceptors (Lipinski definition) is 4. The van der Waals surface area contributed by atoms with Crippen molar-refractivity contribution in [1.29, 1.82) is 0 Å². The SMILES string of the molecule is CC(C)C[C@H](NC(=O)CNC(c1ccccc1)(c1ccccc1)c1ccccc1)C(=O)NCC(=O)O. The van der Waals surface area contributed by atoms with Gasteiger partial charge in [-0.25, -0.2) is 0 Å². The third-order valence-electron chi connectivity index (χ3n) is 5.91. The lowest BCUT2D eigenvalue weighted by Crippen LogP contribution is -2.53. The van der Waals surface area contributed by atoms with E-state index in [4.69, 9.17) is 5.11 Å². The van der Waals surface area contributed by atoms with Gasteiger partial charge < -0.3 is 15.7 Å². The first-order valence-corrected chi connectivity index (χ1v) is 12.0. The molecule has 3 aromatic carbocycles. The number of amides is 2. The van der Waals surface area contributed by atoms with Gasteiger partial charge in [-0.2, -0.15) is 0 Å². The molecule has 0 bridgehead atoms. The molecule has 0 aliphatic carbocycles. The van der Waals surface area contributed by atoms with Crippen molar-refractivity contribution < 1.29 is 19.5 Å². The second-order valence-electron chi connectivity index (χ2n) is 9.06. The van der Waals surface area contributed by atoms with Crippen LogP contribution >= 0.6 is 0 Å². The molecule has 36 heavy (non-hydrogen) atoms. The average Bonchev–Trinajstić information content (AvgIpc) is 2.89. The topological polar surface area (TPSA) is 108 Å². The lowest BCUT2D eigenvalue weighted by molar-refractivity contribution is -0.138. The lowest BCUT2D eigenvalue weighted by Gasteiger charge is -2.37. The van der Waals surface area contributed by atoms with Crippen LogP contribution in [0.2, 0.25) is 0 Å². The van der Waals surface area contributed by atoms with Gasteiger partial charge in [-0.3, -0.25) is 19.7 Å². The Morgan fingerprint density at radius 2 is 1.19 bits per heavy atom. The van der Waals surface area contributed by atoms with Gasteiger partial charge in [-0.05, 0) is 29.0 Å². The molecule has 7 heteroatoms. The molecule has 0 aliphatic rings. The predicted molar refractivity (Wildman–Crippen MR) is 139 cm³/mol. The van der Waals surface area contributed by atoms with Gasteiger partial charge in [0.25, 0.3) is 0 Å². The van der Waals surface area contributed by atoms with Crippen LogP contribution in [-0.2, 0) is 19.9 Å². The highest BCUT2D eigenvalue weighted by Gasteiger charge is 2.36. The van der Waals surface area contributed by atoms with Gasteiger partial charge in [0, 0.05) is 0 Å². The number of aliphatic carboxylic acids is 1. The molecule has 0 saturated carbocycles. The first kappa shape index (κ1) is 26.6. The largest absolute Gasteiger partial charge is 0.480 e. The van der Waals surface area contributed by atoms with Crippen LogP contribution in [0.5, 0.6) is 0 Å². The Morgan fingerprint density at radius 3 is 1.58 bits per heavy atom. The van der Waals surface area contributed by atoms with E-state index in [1.165, 1.54) is 0 Å². The smallest absolute Gasteiger partial charge is 0.322 e. The van der Waals surface area contributed by atoms with Crippen LogP contribution in [0.25, 0.3) is 0 Å². The summed E-state index contributed by atoms with van der Waals surface area (Å²) in [6, 6.07) is 28.9. The van der Waals surface area contributed by atoms with Crippen molar-refractivity contribution in [1.82, 2.24) is 16.0 Å². The van der Waals surface area contributed by atoms with Crippen LogP contribution in [-0.4, -0.2) is 42.0 Å². The minimum Gasteiger partial charge on any atom is -0.480 e. The number of benzene rings is 3. The average molecular weight is 488 g/mol. The summed E-state index contributed by atoms with van der Waals surface area (Å²) in [5.41, 5.74) is 2.08. The van der Waals surface area contributed by atoms with E-state index in [9.17, 15) is 14.4 Å². The normalized spacial score (nSPS) is 12.1. The molecule has 3 rings (SSSR count). The molecule has 0 spiro atoms. The van der Waals surface area contributed by atoms with E-state index in [-0.39, 0.29) is 18.4 Å². The molecule has 4 N–H and O–H groups in total. The van der Waals surface area contributed by atoms with Gasteiger partial charge in [0.1, 0.15) is 12.6 Å². The van der Waals surface area contributed by atoms with Crippen LogP contribution in [0, 0.1) is 5.92 Å². The summed E-state index contributed by atoms with van der Waals surface area (Å²) in [5, 5.41) is 17.5. The van der Waals surface area contributed by atoms with Crippen molar-refractivity contribution >= 4 is 17.8 Å². The maximum absolute atomic E-state index is 13.1. The first-order valence-electron chi connectivity index (χ1n) is 12.0. The standard InChI is InChI=1S/C29H33N3O4/c1-21(2)18-25(28(36)30-20-27(34)35)32-26(33)19-31-29(22-12-6-3-7-13-22,23-14-8-4-9-15-23)24-16-10-5-11-17-24/h3-17,21,25,31H,18-20H2,1-2H3,(H,30,36)(H,32,33)(H,34,35)/t25-/m0/s1. The van der Waals surface area contributed by atoms with Gasteiger partial charge in [0.05, 0.1) is 12.1 Å². The Hall–Kier alpha value is -3.97. The zero-order chi connectivity index (χ0) is 26.0. The van der Waals surface area contributed by atoms with Gasteiger partial charge in [0.2, 0.25) is 11.8 Å². The molecule has 1 atom stereocenters. The number of carbonyl (C=O) groups is 3.